The maximum Gasteiger partial charge on any atom is 0.319 e. The summed E-state index contributed by atoms with van der Waals surface area (Å²) in [5.74, 6) is -0.992. The number of urea groups is 1. The molecule has 0 fully saturated rings. The van der Waals surface area contributed by atoms with Gasteiger partial charge in [0.2, 0.25) is 0 Å². The zero-order chi connectivity index (χ0) is 16.0. The van der Waals surface area contributed by atoms with Gasteiger partial charge in [-0.3, -0.25) is 14.9 Å². The number of hydrogen-bond acceptors (Lipinski definition) is 4. The fraction of sp³-hybridized carbons (Fsp3) is 0.385. The molecule has 0 aliphatic heterocycles. The van der Waals surface area contributed by atoms with Crippen molar-refractivity contribution in [2.45, 2.75) is 32.7 Å². The number of rotatable bonds is 6. The summed E-state index contributed by atoms with van der Waals surface area (Å²) in [6.45, 7) is 3.34. The van der Waals surface area contributed by atoms with E-state index >= 15 is 0 Å². The van der Waals surface area contributed by atoms with E-state index in [4.69, 9.17) is 5.11 Å². The van der Waals surface area contributed by atoms with Gasteiger partial charge in [0.1, 0.15) is 0 Å². The molecule has 1 rings (SSSR count). The van der Waals surface area contributed by atoms with Crippen molar-refractivity contribution >= 4 is 23.4 Å². The van der Waals surface area contributed by atoms with E-state index in [2.05, 4.69) is 10.6 Å². The molecule has 8 nitrogen and oxygen atoms in total. The number of carboxylic acid groups (broad SMARTS) is 1. The Morgan fingerprint density at radius 2 is 2.10 bits per heavy atom. The average molecular weight is 295 g/mol. The highest BCUT2D eigenvalue weighted by Crippen LogP contribution is 2.21. The van der Waals surface area contributed by atoms with Crippen LogP contribution in [0.3, 0.4) is 0 Å². The van der Waals surface area contributed by atoms with Crippen molar-refractivity contribution in [1.29, 1.82) is 0 Å². The number of nitro groups is 1. The monoisotopic (exact) mass is 295 g/mol. The van der Waals surface area contributed by atoms with Crippen LogP contribution in [0.15, 0.2) is 18.2 Å². The lowest BCUT2D eigenvalue weighted by atomic mass is 10.1. The van der Waals surface area contributed by atoms with Gasteiger partial charge in [0.05, 0.1) is 11.3 Å². The Bertz CT molecular complexity index is 559. The van der Waals surface area contributed by atoms with Crippen molar-refractivity contribution in [2.75, 3.05) is 5.32 Å². The topological polar surface area (TPSA) is 122 Å². The van der Waals surface area contributed by atoms with Crippen molar-refractivity contribution in [3.05, 3.63) is 33.9 Å². The Morgan fingerprint density at radius 1 is 1.43 bits per heavy atom. The molecule has 1 aromatic carbocycles. The van der Waals surface area contributed by atoms with Crippen LogP contribution in [0.1, 0.15) is 25.3 Å². The molecular weight excluding hydrogens is 278 g/mol. The van der Waals surface area contributed by atoms with Gasteiger partial charge in [-0.05, 0) is 25.5 Å². The Hall–Kier alpha value is -2.64. The van der Waals surface area contributed by atoms with Gasteiger partial charge in [-0.2, -0.15) is 0 Å². The lowest BCUT2D eigenvalue weighted by molar-refractivity contribution is -0.385. The fourth-order valence-electron chi connectivity index (χ4n) is 1.80. The van der Waals surface area contributed by atoms with Gasteiger partial charge < -0.3 is 15.7 Å². The molecule has 114 valence electrons. The normalized spacial score (nSPS) is 11.5. The number of carboxylic acids is 1. The Morgan fingerprint density at radius 3 is 2.57 bits per heavy atom. The molecule has 0 saturated heterocycles. The zero-order valence-corrected chi connectivity index (χ0v) is 11.8. The van der Waals surface area contributed by atoms with Gasteiger partial charge in [-0.1, -0.05) is 6.92 Å². The molecule has 0 aliphatic rings. The second-order valence-electron chi connectivity index (χ2n) is 4.56. The number of carbonyl (C=O) groups excluding carboxylic acids is 1. The van der Waals surface area contributed by atoms with Crippen LogP contribution in [-0.4, -0.2) is 28.1 Å². The average Bonchev–Trinajstić information content (AvgIpc) is 2.36. The summed E-state index contributed by atoms with van der Waals surface area (Å²) in [5, 5.41) is 24.5. The maximum absolute atomic E-state index is 11.7. The second-order valence-corrected chi connectivity index (χ2v) is 4.56. The van der Waals surface area contributed by atoms with E-state index < -0.39 is 23.0 Å². The van der Waals surface area contributed by atoms with Crippen LogP contribution >= 0.6 is 0 Å². The van der Waals surface area contributed by atoms with Gasteiger partial charge in [-0.25, -0.2) is 4.79 Å². The molecule has 0 bridgehead atoms. The third-order valence-corrected chi connectivity index (χ3v) is 2.90. The van der Waals surface area contributed by atoms with Crippen molar-refractivity contribution < 1.29 is 19.6 Å². The third kappa shape index (κ3) is 5.09. The molecule has 0 heterocycles. The number of anilines is 1. The van der Waals surface area contributed by atoms with E-state index in [-0.39, 0.29) is 12.1 Å². The number of hydrogen-bond donors (Lipinski definition) is 3. The minimum atomic E-state index is -0.992. The van der Waals surface area contributed by atoms with Crippen molar-refractivity contribution in [3.63, 3.8) is 0 Å². The summed E-state index contributed by atoms with van der Waals surface area (Å²) < 4.78 is 0. The number of aliphatic carboxylic acids is 1. The second kappa shape index (κ2) is 7.22. The summed E-state index contributed by atoms with van der Waals surface area (Å²) in [6.07, 6.45) is 0.322. The fourth-order valence-corrected chi connectivity index (χ4v) is 1.80. The number of amides is 2. The quantitative estimate of drug-likeness (QED) is 0.549. The van der Waals surface area contributed by atoms with Crippen LogP contribution in [0, 0.1) is 17.0 Å². The maximum atomic E-state index is 11.7. The molecule has 2 amide bonds. The van der Waals surface area contributed by atoms with Gasteiger partial charge in [0.25, 0.3) is 5.69 Å². The van der Waals surface area contributed by atoms with Gasteiger partial charge in [-0.15, -0.1) is 0 Å². The minimum Gasteiger partial charge on any atom is -0.481 e. The van der Waals surface area contributed by atoms with E-state index in [1.54, 1.807) is 13.8 Å². The third-order valence-electron chi connectivity index (χ3n) is 2.90. The van der Waals surface area contributed by atoms with E-state index in [9.17, 15) is 19.7 Å². The predicted octanol–water partition coefficient (Wildman–Crippen LogP) is 2.28. The van der Waals surface area contributed by atoms with Crippen molar-refractivity contribution in [2.24, 2.45) is 0 Å². The van der Waals surface area contributed by atoms with Gasteiger partial charge in [0, 0.05) is 23.4 Å². The zero-order valence-electron chi connectivity index (χ0n) is 11.8. The molecule has 3 N–H and O–H groups in total. The van der Waals surface area contributed by atoms with E-state index in [1.807, 2.05) is 0 Å². The lowest BCUT2D eigenvalue weighted by Crippen LogP contribution is -2.38. The highest BCUT2D eigenvalue weighted by Gasteiger charge is 2.15. The standard InChI is InChI=1S/C13H17N3O5/c1-3-9(7-12(17)18)14-13(19)15-10-4-5-11(16(20)21)8(2)6-10/h4-6,9H,3,7H2,1-2H3,(H,17,18)(H2,14,15,19). The summed E-state index contributed by atoms with van der Waals surface area (Å²) in [4.78, 5) is 32.6. The molecule has 1 atom stereocenters. The Kier molecular flexibility index (Phi) is 5.65. The van der Waals surface area contributed by atoms with Crippen molar-refractivity contribution in [1.82, 2.24) is 5.32 Å². The largest absolute Gasteiger partial charge is 0.481 e. The molecule has 1 aromatic rings. The number of nitro benzene ring substituents is 1. The van der Waals surface area contributed by atoms with Crippen LogP contribution in [0.25, 0.3) is 0 Å². The minimum absolute atomic E-state index is 0.0294. The molecule has 0 spiro atoms. The van der Waals surface area contributed by atoms with Crippen LogP contribution in [0.5, 0.6) is 0 Å². The SMILES string of the molecule is CCC(CC(=O)O)NC(=O)Nc1ccc([N+](=O)[O-])c(C)c1. The van der Waals surface area contributed by atoms with Crippen molar-refractivity contribution in [3.8, 4) is 0 Å². The van der Waals surface area contributed by atoms with Crippen LogP contribution < -0.4 is 10.6 Å². The number of nitrogens with zero attached hydrogens (tertiary/aromatic N) is 1. The number of nitrogens with one attached hydrogen (secondary N) is 2. The molecule has 1 unspecified atom stereocenters. The Balaban J connectivity index is 2.68. The van der Waals surface area contributed by atoms with Crippen LogP contribution in [-0.2, 0) is 4.79 Å². The van der Waals surface area contributed by atoms with Gasteiger partial charge >= 0.3 is 12.0 Å². The first kappa shape index (κ1) is 16.4. The van der Waals surface area contributed by atoms with E-state index in [0.717, 1.165) is 0 Å². The summed E-state index contributed by atoms with van der Waals surface area (Å²) >= 11 is 0. The number of carbonyl (C=O) groups is 2. The molecule has 8 heteroatoms. The molecule has 0 saturated carbocycles. The molecular formula is C13H17N3O5. The van der Waals surface area contributed by atoms with Gasteiger partial charge in [0.15, 0.2) is 0 Å². The summed E-state index contributed by atoms with van der Waals surface area (Å²) in [6, 6.07) is 3.19. The highest BCUT2D eigenvalue weighted by atomic mass is 16.6. The first-order chi connectivity index (χ1) is 9.83. The van der Waals surface area contributed by atoms with E-state index in [0.29, 0.717) is 17.7 Å². The molecule has 0 aromatic heterocycles. The first-order valence-electron chi connectivity index (χ1n) is 6.37. The predicted molar refractivity (Wildman–Crippen MR) is 76.3 cm³/mol. The number of aryl methyl sites for hydroxylation is 1. The summed E-state index contributed by atoms with van der Waals surface area (Å²) in [5.41, 5.74) is 0.800. The summed E-state index contributed by atoms with van der Waals surface area (Å²) in [7, 11) is 0. The molecule has 0 aliphatic carbocycles. The smallest absolute Gasteiger partial charge is 0.319 e. The number of benzene rings is 1. The Labute approximate surface area is 121 Å². The van der Waals surface area contributed by atoms with Crippen LogP contribution in [0.4, 0.5) is 16.2 Å². The molecule has 21 heavy (non-hydrogen) atoms. The molecule has 0 radical (unpaired) electrons. The van der Waals surface area contributed by atoms with Crippen LogP contribution in [0.2, 0.25) is 0 Å². The van der Waals surface area contributed by atoms with E-state index in [1.165, 1.54) is 18.2 Å². The highest BCUT2D eigenvalue weighted by molar-refractivity contribution is 5.90. The first-order valence-corrected chi connectivity index (χ1v) is 6.37. The lowest BCUT2D eigenvalue weighted by Gasteiger charge is -2.15.